The minimum absolute atomic E-state index is 0.0369. The van der Waals surface area contributed by atoms with Gasteiger partial charge in [-0.2, -0.15) is 0 Å². The average Bonchev–Trinajstić information content (AvgIpc) is 2.97. The summed E-state index contributed by atoms with van der Waals surface area (Å²) in [5, 5.41) is 0. The summed E-state index contributed by atoms with van der Waals surface area (Å²) in [5.74, 6) is 6.41. The van der Waals surface area contributed by atoms with Crippen LogP contribution in [0.5, 0.6) is 0 Å². The van der Waals surface area contributed by atoms with Crippen molar-refractivity contribution in [1.82, 2.24) is 5.43 Å². The van der Waals surface area contributed by atoms with E-state index in [1.54, 1.807) is 0 Å². The summed E-state index contributed by atoms with van der Waals surface area (Å²) < 4.78 is 11.6. The molecule has 0 amide bonds. The second kappa shape index (κ2) is 6.88. The van der Waals surface area contributed by atoms with Gasteiger partial charge in [-0.15, -0.1) is 0 Å². The van der Waals surface area contributed by atoms with E-state index in [4.69, 9.17) is 15.3 Å². The molecule has 3 rings (SSSR count). The Balaban J connectivity index is 1.57. The Labute approximate surface area is 127 Å². The molecule has 0 aromatic heterocycles. The van der Waals surface area contributed by atoms with Crippen molar-refractivity contribution in [2.24, 2.45) is 11.8 Å². The van der Waals surface area contributed by atoms with Crippen LogP contribution in [0.25, 0.3) is 0 Å². The van der Waals surface area contributed by atoms with Gasteiger partial charge in [-0.25, -0.2) is 0 Å². The molecule has 3 atom stereocenters. The molecule has 0 bridgehead atoms. The molecule has 3 N–H and O–H groups in total. The highest BCUT2D eigenvalue weighted by Gasteiger charge is 2.42. The molecule has 1 aromatic rings. The van der Waals surface area contributed by atoms with Gasteiger partial charge in [0.05, 0.1) is 12.2 Å². The topological polar surface area (TPSA) is 56.5 Å². The van der Waals surface area contributed by atoms with Crippen molar-refractivity contribution in [3.05, 3.63) is 35.9 Å². The maximum Gasteiger partial charge on any atom is 0.0939 e. The van der Waals surface area contributed by atoms with Crippen molar-refractivity contribution in [2.45, 2.75) is 43.7 Å². The molecule has 0 aliphatic carbocycles. The minimum Gasteiger partial charge on any atom is -0.378 e. The summed E-state index contributed by atoms with van der Waals surface area (Å²) in [6.45, 7) is 2.41. The van der Waals surface area contributed by atoms with E-state index in [1.165, 1.54) is 5.56 Å². The van der Waals surface area contributed by atoms with Gasteiger partial charge in [0, 0.05) is 25.7 Å². The van der Waals surface area contributed by atoms with E-state index < -0.39 is 0 Å². The van der Waals surface area contributed by atoms with E-state index in [0.29, 0.717) is 12.0 Å². The summed E-state index contributed by atoms with van der Waals surface area (Å²) >= 11 is 0. The first-order valence-electron chi connectivity index (χ1n) is 8.03. The second-order valence-electron chi connectivity index (χ2n) is 6.38. The van der Waals surface area contributed by atoms with Gasteiger partial charge < -0.3 is 9.47 Å². The number of benzene rings is 1. The molecule has 2 aliphatic heterocycles. The molecule has 0 radical (unpaired) electrons. The number of ether oxygens (including phenoxy) is 2. The normalized spacial score (nSPS) is 30.6. The van der Waals surface area contributed by atoms with E-state index >= 15 is 0 Å². The Hall–Kier alpha value is -0.940. The molecule has 2 fully saturated rings. The van der Waals surface area contributed by atoms with Gasteiger partial charge in [-0.1, -0.05) is 30.3 Å². The van der Waals surface area contributed by atoms with Crippen LogP contribution in [0.3, 0.4) is 0 Å². The molecule has 116 valence electrons. The van der Waals surface area contributed by atoms with E-state index in [9.17, 15) is 0 Å². The fraction of sp³-hybridized carbons (Fsp3) is 0.647. The van der Waals surface area contributed by atoms with Crippen molar-refractivity contribution < 1.29 is 9.47 Å². The predicted molar refractivity (Wildman–Crippen MR) is 82.7 cm³/mol. The van der Waals surface area contributed by atoms with Crippen molar-refractivity contribution >= 4 is 0 Å². The third kappa shape index (κ3) is 3.64. The van der Waals surface area contributed by atoms with E-state index in [-0.39, 0.29) is 5.60 Å². The number of nitrogens with one attached hydrogen (secondary N) is 1. The molecule has 2 heterocycles. The molecule has 3 unspecified atom stereocenters. The van der Waals surface area contributed by atoms with E-state index in [0.717, 1.165) is 51.9 Å². The largest absolute Gasteiger partial charge is 0.378 e. The zero-order valence-electron chi connectivity index (χ0n) is 12.6. The number of rotatable bonds is 5. The van der Waals surface area contributed by atoms with Crippen LogP contribution in [0.4, 0.5) is 0 Å². The lowest BCUT2D eigenvalue weighted by Gasteiger charge is -2.40. The van der Waals surface area contributed by atoms with Crippen LogP contribution >= 0.6 is 0 Å². The highest BCUT2D eigenvalue weighted by molar-refractivity contribution is 5.14. The first-order valence-corrected chi connectivity index (χ1v) is 8.03. The summed E-state index contributed by atoms with van der Waals surface area (Å²) in [6, 6.07) is 11.0. The molecule has 1 aromatic carbocycles. The molecule has 4 nitrogen and oxygen atoms in total. The van der Waals surface area contributed by atoms with E-state index in [2.05, 4.69) is 35.8 Å². The zero-order chi connectivity index (χ0) is 14.5. The molecular weight excluding hydrogens is 264 g/mol. The Morgan fingerprint density at radius 3 is 2.86 bits per heavy atom. The molecule has 0 saturated carbocycles. The van der Waals surface area contributed by atoms with Crippen molar-refractivity contribution in [1.29, 1.82) is 0 Å². The maximum atomic E-state index is 6.02. The van der Waals surface area contributed by atoms with Gasteiger partial charge in [0.1, 0.15) is 0 Å². The first kappa shape index (κ1) is 15.0. The minimum atomic E-state index is -0.0369. The van der Waals surface area contributed by atoms with Crippen LogP contribution in [0.1, 0.15) is 31.2 Å². The van der Waals surface area contributed by atoms with Crippen LogP contribution in [0.2, 0.25) is 0 Å². The van der Waals surface area contributed by atoms with Gasteiger partial charge in [0.15, 0.2) is 0 Å². The van der Waals surface area contributed by atoms with Crippen LogP contribution in [0.15, 0.2) is 30.3 Å². The van der Waals surface area contributed by atoms with Crippen LogP contribution in [0, 0.1) is 5.92 Å². The van der Waals surface area contributed by atoms with Gasteiger partial charge >= 0.3 is 0 Å². The predicted octanol–water partition coefficient (Wildman–Crippen LogP) is 2.04. The maximum absolute atomic E-state index is 6.02. The van der Waals surface area contributed by atoms with Crippen LogP contribution < -0.4 is 11.3 Å². The number of nitrogens with two attached hydrogens (primary N) is 1. The van der Waals surface area contributed by atoms with Crippen LogP contribution in [-0.4, -0.2) is 31.5 Å². The Morgan fingerprint density at radius 2 is 2.14 bits per heavy atom. The number of hydrogen-bond acceptors (Lipinski definition) is 4. The van der Waals surface area contributed by atoms with Crippen molar-refractivity contribution in [2.75, 3.05) is 19.8 Å². The summed E-state index contributed by atoms with van der Waals surface area (Å²) in [5.41, 5.74) is 4.39. The highest BCUT2D eigenvalue weighted by Crippen LogP contribution is 2.37. The summed E-state index contributed by atoms with van der Waals surface area (Å²) in [6.07, 6.45) is 5.32. The second-order valence-corrected chi connectivity index (χ2v) is 6.38. The third-order valence-electron chi connectivity index (χ3n) is 4.97. The van der Waals surface area contributed by atoms with Crippen molar-refractivity contribution in [3.63, 3.8) is 0 Å². The molecule has 4 heteroatoms. The number of hydrazine groups is 1. The lowest BCUT2D eigenvalue weighted by atomic mass is 9.79. The SMILES string of the molecule is NNC(CCc1ccccc1)C1CCOC2(CCOC2)C1. The zero-order valence-corrected chi connectivity index (χ0v) is 12.6. The smallest absolute Gasteiger partial charge is 0.0939 e. The fourth-order valence-electron chi connectivity index (χ4n) is 3.69. The van der Waals surface area contributed by atoms with Crippen molar-refractivity contribution in [3.8, 4) is 0 Å². The number of aryl methyl sites for hydroxylation is 1. The Bertz CT molecular complexity index is 432. The lowest BCUT2D eigenvalue weighted by Crippen LogP contribution is -2.49. The molecular formula is C17H26N2O2. The average molecular weight is 290 g/mol. The first-order chi connectivity index (χ1) is 10.3. The lowest BCUT2D eigenvalue weighted by molar-refractivity contribution is -0.103. The van der Waals surface area contributed by atoms with Gasteiger partial charge in [-0.05, 0) is 37.2 Å². The molecule has 2 saturated heterocycles. The molecule has 21 heavy (non-hydrogen) atoms. The Kier molecular flexibility index (Phi) is 4.91. The molecule has 2 aliphatic rings. The summed E-state index contributed by atoms with van der Waals surface area (Å²) in [7, 11) is 0. The van der Waals surface area contributed by atoms with Gasteiger partial charge in [0.25, 0.3) is 0 Å². The summed E-state index contributed by atoms with van der Waals surface area (Å²) in [4.78, 5) is 0. The monoisotopic (exact) mass is 290 g/mol. The van der Waals surface area contributed by atoms with E-state index in [1.807, 2.05) is 0 Å². The standard InChI is InChI=1S/C17H26N2O2/c18-19-16(7-6-14-4-2-1-3-5-14)15-8-10-21-17(12-15)9-11-20-13-17/h1-5,15-16,19H,6-13,18H2. The fourth-order valence-corrected chi connectivity index (χ4v) is 3.69. The van der Waals surface area contributed by atoms with Crippen LogP contribution in [-0.2, 0) is 15.9 Å². The number of hydrogen-bond donors (Lipinski definition) is 2. The Morgan fingerprint density at radius 1 is 1.29 bits per heavy atom. The molecule has 1 spiro atoms. The highest BCUT2D eigenvalue weighted by atomic mass is 16.6. The quantitative estimate of drug-likeness (QED) is 0.643. The van der Waals surface area contributed by atoms with Gasteiger partial charge in [-0.3, -0.25) is 11.3 Å². The van der Waals surface area contributed by atoms with Gasteiger partial charge in [0.2, 0.25) is 0 Å². The third-order valence-corrected chi connectivity index (χ3v) is 4.97.